The van der Waals surface area contributed by atoms with E-state index >= 15 is 0 Å². The molecule has 0 bridgehead atoms. The maximum atomic E-state index is 10.1. The van der Waals surface area contributed by atoms with Crippen LogP contribution in [0.3, 0.4) is 0 Å². The fraction of sp³-hybridized carbons (Fsp3) is 1.00. The molecule has 2 heteroatoms. The first-order valence-electron chi connectivity index (χ1n) is 6.21. The molecule has 0 unspecified atom stereocenters. The highest BCUT2D eigenvalue weighted by molar-refractivity contribution is 7.23. The summed E-state index contributed by atoms with van der Waals surface area (Å²) in [6, 6.07) is 0. The Kier molecular flexibility index (Phi) is 13.2. The molecule has 0 aliphatic heterocycles. The SMILES string of the molecule is CCCCCCCCCCCCP=O. The average Bonchev–Trinajstić information content (AvgIpc) is 2.21. The summed E-state index contributed by atoms with van der Waals surface area (Å²) in [5.74, 6) is 0. The second-order valence-electron chi connectivity index (χ2n) is 4.03. The molecule has 84 valence electrons. The van der Waals surface area contributed by atoms with Crippen LogP contribution in [0.15, 0.2) is 0 Å². The molecule has 14 heavy (non-hydrogen) atoms. The van der Waals surface area contributed by atoms with Crippen molar-refractivity contribution in [2.45, 2.75) is 71.1 Å². The van der Waals surface area contributed by atoms with Crippen LogP contribution >= 0.6 is 8.46 Å². The molecule has 0 aromatic heterocycles. The molecule has 0 saturated heterocycles. The lowest BCUT2D eigenvalue weighted by molar-refractivity contribution is 0.560. The van der Waals surface area contributed by atoms with Crippen LogP contribution in [0.4, 0.5) is 0 Å². The van der Waals surface area contributed by atoms with Gasteiger partial charge in [0.2, 0.25) is 0 Å². The van der Waals surface area contributed by atoms with Gasteiger partial charge in [-0.1, -0.05) is 64.7 Å². The highest BCUT2D eigenvalue weighted by atomic mass is 31.1. The highest BCUT2D eigenvalue weighted by Gasteiger charge is 1.92. The monoisotopic (exact) mass is 216 g/mol. The summed E-state index contributed by atoms with van der Waals surface area (Å²) in [5.41, 5.74) is 0. The minimum absolute atomic E-state index is 0.324. The van der Waals surface area contributed by atoms with Gasteiger partial charge in [-0.25, -0.2) is 0 Å². The average molecular weight is 216 g/mol. The second kappa shape index (κ2) is 13.1. The largest absolute Gasteiger partial charge is 0.275 e. The third kappa shape index (κ3) is 12.1. The second-order valence-corrected chi connectivity index (χ2v) is 4.74. The number of hydrogen-bond acceptors (Lipinski definition) is 1. The van der Waals surface area contributed by atoms with Crippen LogP contribution in [0.2, 0.25) is 0 Å². The standard InChI is InChI=1S/C12H25OP/c1-2-3-4-5-6-7-8-9-10-11-12-14-13/h2-12H2,1H3. The van der Waals surface area contributed by atoms with E-state index in [4.69, 9.17) is 0 Å². The van der Waals surface area contributed by atoms with E-state index in [-0.39, 0.29) is 0 Å². The summed E-state index contributed by atoms with van der Waals surface area (Å²) < 4.78 is 10.1. The molecule has 0 aliphatic carbocycles. The predicted molar refractivity (Wildman–Crippen MR) is 64.3 cm³/mol. The molecule has 0 atom stereocenters. The van der Waals surface area contributed by atoms with E-state index in [9.17, 15) is 4.57 Å². The van der Waals surface area contributed by atoms with Gasteiger partial charge in [-0.15, -0.1) is 0 Å². The lowest BCUT2D eigenvalue weighted by atomic mass is 10.1. The zero-order chi connectivity index (χ0) is 10.5. The van der Waals surface area contributed by atoms with Crippen molar-refractivity contribution in [2.75, 3.05) is 6.16 Å². The van der Waals surface area contributed by atoms with Gasteiger partial charge in [-0.3, -0.25) is 4.57 Å². The highest BCUT2D eigenvalue weighted by Crippen LogP contribution is 2.11. The third-order valence-electron chi connectivity index (χ3n) is 2.60. The molecular weight excluding hydrogens is 191 g/mol. The van der Waals surface area contributed by atoms with Crippen molar-refractivity contribution in [2.24, 2.45) is 0 Å². The zero-order valence-electron chi connectivity index (χ0n) is 9.63. The van der Waals surface area contributed by atoms with E-state index in [2.05, 4.69) is 6.92 Å². The van der Waals surface area contributed by atoms with Gasteiger partial charge in [0.1, 0.15) is 0 Å². The fourth-order valence-corrected chi connectivity index (χ4v) is 2.02. The molecule has 1 nitrogen and oxygen atoms in total. The van der Waals surface area contributed by atoms with Crippen LogP contribution in [0.5, 0.6) is 0 Å². The molecule has 0 amide bonds. The molecule has 0 rings (SSSR count). The Morgan fingerprint density at radius 3 is 1.57 bits per heavy atom. The predicted octanol–water partition coefficient (Wildman–Crippen LogP) is 5.20. The number of unbranched alkanes of at least 4 members (excludes halogenated alkanes) is 9. The quantitative estimate of drug-likeness (QED) is 0.342. The minimum atomic E-state index is 0.324. The zero-order valence-corrected chi connectivity index (χ0v) is 10.5. The molecule has 0 aromatic carbocycles. The van der Waals surface area contributed by atoms with Crippen molar-refractivity contribution >= 4 is 8.46 Å². The van der Waals surface area contributed by atoms with Gasteiger partial charge in [-0.05, 0) is 6.42 Å². The molecule has 0 radical (unpaired) electrons. The Bertz CT molecular complexity index is 115. The molecule has 0 aromatic rings. The number of hydrogen-bond donors (Lipinski definition) is 0. The van der Waals surface area contributed by atoms with E-state index in [1.807, 2.05) is 0 Å². The fourth-order valence-electron chi connectivity index (χ4n) is 1.66. The van der Waals surface area contributed by atoms with Gasteiger partial charge in [0.15, 0.2) is 8.46 Å². The van der Waals surface area contributed by atoms with E-state index in [0.29, 0.717) is 8.46 Å². The van der Waals surface area contributed by atoms with Gasteiger partial charge in [0.25, 0.3) is 0 Å². The molecule has 0 N–H and O–H groups in total. The summed E-state index contributed by atoms with van der Waals surface area (Å²) in [6.07, 6.45) is 14.4. The lowest BCUT2D eigenvalue weighted by Crippen LogP contribution is -1.82. The van der Waals surface area contributed by atoms with Gasteiger partial charge in [0.05, 0.1) is 0 Å². The summed E-state index contributed by atoms with van der Waals surface area (Å²) in [5, 5.41) is 0. The Morgan fingerprint density at radius 1 is 0.714 bits per heavy atom. The third-order valence-corrected chi connectivity index (χ3v) is 3.10. The first-order chi connectivity index (χ1) is 6.91. The van der Waals surface area contributed by atoms with Crippen LogP contribution in [-0.2, 0) is 4.57 Å². The van der Waals surface area contributed by atoms with Crippen LogP contribution in [-0.4, -0.2) is 6.16 Å². The topological polar surface area (TPSA) is 17.1 Å². The van der Waals surface area contributed by atoms with Crippen molar-refractivity contribution in [3.05, 3.63) is 0 Å². The van der Waals surface area contributed by atoms with Gasteiger partial charge in [0, 0.05) is 6.16 Å². The van der Waals surface area contributed by atoms with E-state index in [1.54, 1.807) is 0 Å². The molecule has 0 spiro atoms. The van der Waals surface area contributed by atoms with E-state index < -0.39 is 0 Å². The Labute approximate surface area is 90.9 Å². The van der Waals surface area contributed by atoms with Crippen LogP contribution in [0, 0.1) is 0 Å². The molecule has 0 aliphatic rings. The van der Waals surface area contributed by atoms with Crippen molar-refractivity contribution in [1.82, 2.24) is 0 Å². The first kappa shape index (κ1) is 14.1. The van der Waals surface area contributed by atoms with Crippen LogP contribution in [0.1, 0.15) is 71.1 Å². The minimum Gasteiger partial charge on any atom is -0.275 e. The lowest BCUT2D eigenvalue weighted by Gasteiger charge is -2.00. The number of rotatable bonds is 11. The molecule has 0 saturated carbocycles. The van der Waals surface area contributed by atoms with E-state index in [1.165, 1.54) is 57.8 Å². The first-order valence-corrected chi connectivity index (χ1v) is 7.20. The smallest absolute Gasteiger partial charge is 0.155 e. The van der Waals surface area contributed by atoms with Crippen molar-refractivity contribution in [3.8, 4) is 0 Å². The Balaban J connectivity index is 2.81. The van der Waals surface area contributed by atoms with Crippen molar-refractivity contribution in [3.63, 3.8) is 0 Å². The summed E-state index contributed by atoms with van der Waals surface area (Å²) in [4.78, 5) is 0. The summed E-state index contributed by atoms with van der Waals surface area (Å²) >= 11 is 0. The Morgan fingerprint density at radius 2 is 1.14 bits per heavy atom. The van der Waals surface area contributed by atoms with Crippen LogP contribution in [0.25, 0.3) is 0 Å². The van der Waals surface area contributed by atoms with Gasteiger partial charge >= 0.3 is 0 Å². The molecule has 0 heterocycles. The maximum Gasteiger partial charge on any atom is 0.155 e. The van der Waals surface area contributed by atoms with E-state index in [0.717, 1.165) is 12.6 Å². The summed E-state index contributed by atoms with van der Waals surface area (Å²) in [6.45, 7) is 2.26. The van der Waals surface area contributed by atoms with Gasteiger partial charge < -0.3 is 0 Å². The summed E-state index contributed by atoms with van der Waals surface area (Å²) in [7, 11) is 0.324. The van der Waals surface area contributed by atoms with Crippen molar-refractivity contribution in [1.29, 1.82) is 0 Å². The normalized spacial score (nSPS) is 10.9. The molecule has 0 fully saturated rings. The van der Waals surface area contributed by atoms with Crippen LogP contribution < -0.4 is 0 Å². The molecular formula is C12H25OP. The maximum absolute atomic E-state index is 10.1. The Hall–Kier alpha value is 0.100. The van der Waals surface area contributed by atoms with Crippen molar-refractivity contribution < 1.29 is 4.57 Å². The van der Waals surface area contributed by atoms with Gasteiger partial charge in [-0.2, -0.15) is 0 Å².